The lowest BCUT2D eigenvalue weighted by molar-refractivity contribution is 0.0366. The van der Waals surface area contributed by atoms with E-state index in [0.29, 0.717) is 6.54 Å². The van der Waals surface area contributed by atoms with E-state index in [0.717, 1.165) is 19.5 Å². The van der Waals surface area contributed by atoms with Gasteiger partial charge in [-0.25, -0.2) is 8.42 Å². The van der Waals surface area contributed by atoms with Crippen molar-refractivity contribution in [2.24, 2.45) is 0 Å². The Hall–Kier alpha value is -0.130. The minimum Gasteiger partial charge on any atom is -0.308 e. The van der Waals surface area contributed by atoms with Crippen LogP contribution in [0.5, 0.6) is 0 Å². The van der Waals surface area contributed by atoms with Crippen molar-refractivity contribution < 1.29 is 8.42 Å². The molecule has 0 radical (unpaired) electrons. The lowest BCUT2D eigenvalue weighted by atomic mass is 9.88. The lowest BCUT2D eigenvalue weighted by Crippen LogP contribution is -2.67. The van der Waals surface area contributed by atoms with E-state index in [1.165, 1.54) is 0 Å². The quantitative estimate of drug-likeness (QED) is 0.836. The number of rotatable bonds is 5. The van der Waals surface area contributed by atoms with E-state index in [1.807, 2.05) is 0 Å². The third-order valence-electron chi connectivity index (χ3n) is 4.49. The maximum atomic E-state index is 12.0. The summed E-state index contributed by atoms with van der Waals surface area (Å²) in [6.07, 6.45) is 1.05. The second kappa shape index (κ2) is 5.70. The Morgan fingerprint density at radius 1 is 1.26 bits per heavy atom. The zero-order valence-corrected chi connectivity index (χ0v) is 14.1. The summed E-state index contributed by atoms with van der Waals surface area (Å²) in [5, 5.41) is 3.31. The van der Waals surface area contributed by atoms with Crippen LogP contribution in [-0.2, 0) is 9.84 Å². The van der Waals surface area contributed by atoms with E-state index in [-0.39, 0.29) is 22.1 Å². The van der Waals surface area contributed by atoms with Crippen molar-refractivity contribution in [3.63, 3.8) is 0 Å². The zero-order chi connectivity index (χ0) is 14.9. The summed E-state index contributed by atoms with van der Waals surface area (Å²) in [5.41, 5.74) is 0.109. The molecule has 19 heavy (non-hydrogen) atoms. The summed E-state index contributed by atoms with van der Waals surface area (Å²) < 4.78 is 23.9. The van der Waals surface area contributed by atoms with Gasteiger partial charge < -0.3 is 5.32 Å². The van der Waals surface area contributed by atoms with Gasteiger partial charge in [-0.1, -0.05) is 6.92 Å². The molecular weight excluding hydrogens is 260 g/mol. The average Bonchev–Trinajstić information content (AvgIpc) is 2.31. The molecule has 1 aliphatic rings. The smallest absolute Gasteiger partial charge is 0.153 e. The predicted molar refractivity (Wildman–Crippen MR) is 81.3 cm³/mol. The van der Waals surface area contributed by atoms with Crippen LogP contribution in [-0.4, -0.2) is 55.0 Å². The van der Waals surface area contributed by atoms with Gasteiger partial charge in [0, 0.05) is 30.7 Å². The van der Waals surface area contributed by atoms with Crippen LogP contribution < -0.4 is 5.32 Å². The molecule has 0 aromatic carbocycles. The van der Waals surface area contributed by atoms with Crippen molar-refractivity contribution in [3.8, 4) is 0 Å². The molecule has 0 aromatic heterocycles. The van der Waals surface area contributed by atoms with Gasteiger partial charge in [-0.3, -0.25) is 4.90 Å². The SMILES string of the molecule is CCC1(C)CN(CCS(=O)(=O)C(C)C)C(C)(C)CN1. The van der Waals surface area contributed by atoms with E-state index in [1.54, 1.807) is 13.8 Å². The first-order chi connectivity index (χ1) is 8.52. The van der Waals surface area contributed by atoms with Crippen LogP contribution in [0, 0.1) is 0 Å². The van der Waals surface area contributed by atoms with Crippen LogP contribution in [0.25, 0.3) is 0 Å². The Balaban J connectivity index is 2.74. The second-order valence-corrected chi connectivity index (χ2v) is 9.59. The van der Waals surface area contributed by atoms with Crippen molar-refractivity contribution in [1.82, 2.24) is 10.2 Å². The van der Waals surface area contributed by atoms with E-state index in [9.17, 15) is 8.42 Å². The van der Waals surface area contributed by atoms with Crippen LogP contribution in [0.2, 0.25) is 0 Å². The van der Waals surface area contributed by atoms with Gasteiger partial charge in [0.2, 0.25) is 0 Å². The van der Waals surface area contributed by atoms with Gasteiger partial charge in [0.25, 0.3) is 0 Å². The molecule has 0 bridgehead atoms. The van der Waals surface area contributed by atoms with Crippen molar-refractivity contribution in [2.75, 3.05) is 25.4 Å². The van der Waals surface area contributed by atoms with Gasteiger partial charge in [0.05, 0.1) is 11.0 Å². The second-order valence-electron chi connectivity index (χ2n) is 6.92. The molecule has 0 aromatic rings. The Morgan fingerprint density at radius 2 is 1.84 bits per heavy atom. The molecule has 4 nitrogen and oxygen atoms in total. The normalized spacial score (nSPS) is 28.8. The summed E-state index contributed by atoms with van der Waals surface area (Å²) in [7, 11) is -2.95. The molecule has 1 fully saturated rings. The molecule has 0 saturated carbocycles. The van der Waals surface area contributed by atoms with Crippen LogP contribution in [0.1, 0.15) is 48.0 Å². The Bertz CT molecular complexity index is 404. The van der Waals surface area contributed by atoms with E-state index in [2.05, 4.69) is 37.9 Å². The summed E-state index contributed by atoms with van der Waals surface area (Å²) in [5.74, 6) is 0.258. The maximum absolute atomic E-state index is 12.0. The fourth-order valence-corrected chi connectivity index (χ4v) is 3.27. The Kier molecular flexibility index (Phi) is 5.08. The molecule has 1 heterocycles. The average molecular weight is 290 g/mol. The third-order valence-corrected chi connectivity index (χ3v) is 6.68. The summed E-state index contributed by atoms with van der Waals surface area (Å²) in [4.78, 5) is 2.33. The van der Waals surface area contributed by atoms with Crippen LogP contribution >= 0.6 is 0 Å². The molecular formula is C14H30N2O2S. The van der Waals surface area contributed by atoms with Crippen molar-refractivity contribution in [1.29, 1.82) is 0 Å². The number of hydrogen-bond donors (Lipinski definition) is 1. The first-order valence-electron chi connectivity index (χ1n) is 7.24. The van der Waals surface area contributed by atoms with Crippen LogP contribution in [0.15, 0.2) is 0 Å². The number of sulfone groups is 1. The monoisotopic (exact) mass is 290 g/mol. The minimum absolute atomic E-state index is 0.0151. The van der Waals surface area contributed by atoms with Crippen molar-refractivity contribution in [2.45, 2.75) is 64.3 Å². The topological polar surface area (TPSA) is 49.4 Å². The predicted octanol–water partition coefficient (Wildman–Crippen LogP) is 1.66. The molecule has 114 valence electrons. The molecule has 1 N–H and O–H groups in total. The molecule has 1 aliphatic heterocycles. The first-order valence-corrected chi connectivity index (χ1v) is 8.96. The summed E-state index contributed by atoms with van der Waals surface area (Å²) >= 11 is 0. The van der Waals surface area contributed by atoms with Crippen LogP contribution in [0.4, 0.5) is 0 Å². The van der Waals surface area contributed by atoms with Gasteiger partial charge in [-0.15, -0.1) is 0 Å². The van der Waals surface area contributed by atoms with E-state index < -0.39 is 9.84 Å². The number of nitrogens with zero attached hydrogens (tertiary/aromatic N) is 1. The van der Waals surface area contributed by atoms with E-state index >= 15 is 0 Å². The molecule has 1 saturated heterocycles. The van der Waals surface area contributed by atoms with Crippen LogP contribution in [0.3, 0.4) is 0 Å². The van der Waals surface area contributed by atoms with Gasteiger partial charge in [-0.05, 0) is 41.0 Å². The van der Waals surface area contributed by atoms with Gasteiger partial charge >= 0.3 is 0 Å². The highest BCUT2D eigenvalue weighted by Gasteiger charge is 2.39. The fraction of sp³-hybridized carbons (Fsp3) is 1.00. The fourth-order valence-electron chi connectivity index (χ4n) is 2.32. The standard InChI is InChI=1S/C14H30N2O2S/c1-7-14(6)11-16(13(4,5)10-15-14)8-9-19(17,18)12(2)3/h12,15H,7-11H2,1-6H3. The third kappa shape index (κ3) is 4.17. The molecule has 1 atom stereocenters. The van der Waals surface area contributed by atoms with Gasteiger partial charge in [0.1, 0.15) is 0 Å². The Morgan fingerprint density at radius 3 is 2.32 bits per heavy atom. The molecule has 0 spiro atoms. The number of piperazine rings is 1. The largest absolute Gasteiger partial charge is 0.308 e. The maximum Gasteiger partial charge on any atom is 0.153 e. The first kappa shape index (κ1) is 16.9. The van der Waals surface area contributed by atoms with Crippen molar-refractivity contribution >= 4 is 9.84 Å². The van der Waals surface area contributed by atoms with Gasteiger partial charge in [0.15, 0.2) is 9.84 Å². The molecule has 5 heteroatoms. The van der Waals surface area contributed by atoms with Crippen molar-refractivity contribution in [3.05, 3.63) is 0 Å². The minimum atomic E-state index is -2.95. The summed E-state index contributed by atoms with van der Waals surface area (Å²) in [6.45, 7) is 14.7. The summed E-state index contributed by atoms with van der Waals surface area (Å²) in [6, 6.07) is 0. The molecule has 1 rings (SSSR count). The molecule has 0 aliphatic carbocycles. The van der Waals surface area contributed by atoms with Gasteiger partial charge in [-0.2, -0.15) is 0 Å². The number of nitrogens with one attached hydrogen (secondary N) is 1. The molecule has 1 unspecified atom stereocenters. The highest BCUT2D eigenvalue weighted by molar-refractivity contribution is 7.92. The van der Waals surface area contributed by atoms with E-state index in [4.69, 9.17) is 0 Å². The zero-order valence-electron chi connectivity index (χ0n) is 13.3. The Labute approximate surface area is 118 Å². The highest BCUT2D eigenvalue weighted by atomic mass is 32.2. The lowest BCUT2D eigenvalue weighted by Gasteiger charge is -2.50. The number of hydrogen-bond acceptors (Lipinski definition) is 4. The highest BCUT2D eigenvalue weighted by Crippen LogP contribution is 2.25. The molecule has 0 amide bonds.